The van der Waals surface area contributed by atoms with E-state index in [1.165, 1.54) is 38.2 Å². The molecule has 3 nitrogen and oxygen atoms in total. The lowest BCUT2D eigenvalue weighted by Gasteiger charge is -2.38. The van der Waals surface area contributed by atoms with E-state index in [0.717, 1.165) is 12.0 Å². The van der Waals surface area contributed by atoms with Crippen LogP contribution >= 0.6 is 12.4 Å². The third-order valence-corrected chi connectivity index (χ3v) is 4.35. The Morgan fingerprint density at radius 3 is 3.06 bits per heavy atom. The largest absolute Gasteiger partial charge is 0.314 e. The van der Waals surface area contributed by atoms with Gasteiger partial charge < -0.3 is 5.32 Å². The first-order valence-corrected chi connectivity index (χ1v) is 6.73. The Morgan fingerprint density at radius 2 is 2.28 bits per heavy atom. The fourth-order valence-electron chi connectivity index (χ4n) is 3.24. The SMILES string of the molecule is CC(c1ccccn1)N1CCC2NCCC2C1.Cl. The molecule has 3 heterocycles. The van der Waals surface area contributed by atoms with Gasteiger partial charge in [0, 0.05) is 31.4 Å². The monoisotopic (exact) mass is 267 g/mol. The average molecular weight is 268 g/mol. The van der Waals surface area contributed by atoms with E-state index in [0.29, 0.717) is 6.04 Å². The van der Waals surface area contributed by atoms with Crippen molar-refractivity contribution in [1.82, 2.24) is 15.2 Å². The molecule has 0 aromatic carbocycles. The van der Waals surface area contributed by atoms with Crippen molar-refractivity contribution in [3.8, 4) is 0 Å². The number of likely N-dealkylation sites (tertiary alicyclic amines) is 1. The van der Waals surface area contributed by atoms with E-state index in [1.54, 1.807) is 0 Å². The summed E-state index contributed by atoms with van der Waals surface area (Å²) in [6.45, 7) is 5.92. The number of nitrogens with zero attached hydrogens (tertiary/aromatic N) is 2. The van der Waals surface area contributed by atoms with Crippen LogP contribution in [0.2, 0.25) is 0 Å². The van der Waals surface area contributed by atoms with Gasteiger partial charge in [-0.05, 0) is 44.4 Å². The molecule has 0 radical (unpaired) electrons. The molecule has 0 amide bonds. The maximum atomic E-state index is 4.48. The Labute approximate surface area is 115 Å². The number of hydrogen-bond acceptors (Lipinski definition) is 3. The van der Waals surface area contributed by atoms with Gasteiger partial charge in [0.1, 0.15) is 0 Å². The lowest BCUT2D eigenvalue weighted by Crippen LogP contribution is -2.45. The van der Waals surface area contributed by atoms with Gasteiger partial charge in [0.2, 0.25) is 0 Å². The van der Waals surface area contributed by atoms with Gasteiger partial charge in [-0.1, -0.05) is 6.07 Å². The van der Waals surface area contributed by atoms with Crippen LogP contribution in [0.5, 0.6) is 0 Å². The van der Waals surface area contributed by atoms with E-state index in [-0.39, 0.29) is 12.4 Å². The lowest BCUT2D eigenvalue weighted by molar-refractivity contribution is 0.120. The average Bonchev–Trinajstić information content (AvgIpc) is 2.86. The predicted octanol–water partition coefficient (Wildman–Crippen LogP) is 2.25. The van der Waals surface area contributed by atoms with Crippen molar-refractivity contribution in [3.05, 3.63) is 30.1 Å². The summed E-state index contributed by atoms with van der Waals surface area (Å²) in [5.41, 5.74) is 1.21. The van der Waals surface area contributed by atoms with Gasteiger partial charge in [-0.15, -0.1) is 12.4 Å². The van der Waals surface area contributed by atoms with Crippen LogP contribution < -0.4 is 5.32 Å². The van der Waals surface area contributed by atoms with Gasteiger partial charge in [0.05, 0.1) is 5.69 Å². The number of hydrogen-bond donors (Lipinski definition) is 1. The molecule has 0 aliphatic carbocycles. The van der Waals surface area contributed by atoms with E-state index < -0.39 is 0 Å². The molecular weight excluding hydrogens is 246 g/mol. The van der Waals surface area contributed by atoms with Crippen LogP contribution in [0.1, 0.15) is 31.5 Å². The van der Waals surface area contributed by atoms with Gasteiger partial charge in [-0.25, -0.2) is 0 Å². The highest BCUT2D eigenvalue weighted by atomic mass is 35.5. The summed E-state index contributed by atoms with van der Waals surface area (Å²) in [6.07, 6.45) is 4.54. The molecule has 1 aromatic heterocycles. The number of fused-ring (bicyclic) bond motifs is 1. The first-order chi connectivity index (χ1) is 8.34. The van der Waals surface area contributed by atoms with Gasteiger partial charge in [0.15, 0.2) is 0 Å². The summed E-state index contributed by atoms with van der Waals surface area (Å²) in [7, 11) is 0. The van der Waals surface area contributed by atoms with Crippen LogP contribution in [0.3, 0.4) is 0 Å². The first kappa shape index (κ1) is 13.8. The summed E-state index contributed by atoms with van der Waals surface area (Å²) >= 11 is 0. The standard InChI is InChI=1S/C14H21N3.ClH/c1-11(13-4-2-3-7-15-13)17-9-6-14-12(10-17)5-8-16-14;/h2-4,7,11-12,14,16H,5-6,8-10H2,1H3;1H. The van der Waals surface area contributed by atoms with Gasteiger partial charge in [-0.3, -0.25) is 9.88 Å². The highest BCUT2D eigenvalue weighted by molar-refractivity contribution is 5.85. The predicted molar refractivity (Wildman–Crippen MR) is 76.0 cm³/mol. The zero-order valence-electron chi connectivity index (χ0n) is 10.9. The Kier molecular flexibility index (Phi) is 4.60. The highest BCUT2D eigenvalue weighted by Gasteiger charge is 2.34. The second-order valence-corrected chi connectivity index (χ2v) is 5.32. The molecule has 2 aliphatic rings. The molecule has 100 valence electrons. The highest BCUT2D eigenvalue weighted by Crippen LogP contribution is 2.29. The molecule has 1 N–H and O–H groups in total. The minimum atomic E-state index is 0. The molecule has 0 spiro atoms. The second kappa shape index (κ2) is 6.00. The van der Waals surface area contributed by atoms with E-state index in [2.05, 4.69) is 34.3 Å². The van der Waals surface area contributed by atoms with Crippen molar-refractivity contribution in [2.24, 2.45) is 5.92 Å². The fraction of sp³-hybridized carbons (Fsp3) is 0.643. The molecule has 0 saturated carbocycles. The van der Waals surface area contributed by atoms with Crippen LogP contribution in [0.25, 0.3) is 0 Å². The van der Waals surface area contributed by atoms with E-state index in [9.17, 15) is 0 Å². The second-order valence-electron chi connectivity index (χ2n) is 5.32. The Bertz CT molecular complexity index is 371. The molecule has 3 unspecified atom stereocenters. The smallest absolute Gasteiger partial charge is 0.0572 e. The summed E-state index contributed by atoms with van der Waals surface area (Å²) in [5, 5.41) is 3.62. The third-order valence-electron chi connectivity index (χ3n) is 4.35. The van der Waals surface area contributed by atoms with Crippen molar-refractivity contribution in [2.45, 2.75) is 31.8 Å². The van der Waals surface area contributed by atoms with Crippen LogP contribution in [0.15, 0.2) is 24.4 Å². The summed E-state index contributed by atoms with van der Waals surface area (Å²) in [6, 6.07) is 7.45. The molecule has 18 heavy (non-hydrogen) atoms. The van der Waals surface area contributed by atoms with Crippen molar-refractivity contribution in [2.75, 3.05) is 19.6 Å². The topological polar surface area (TPSA) is 28.2 Å². The number of halogens is 1. The van der Waals surface area contributed by atoms with Crippen molar-refractivity contribution < 1.29 is 0 Å². The molecule has 2 aliphatic heterocycles. The number of rotatable bonds is 2. The van der Waals surface area contributed by atoms with Crippen molar-refractivity contribution >= 4 is 12.4 Å². The number of piperidine rings is 1. The molecule has 2 fully saturated rings. The molecule has 0 bridgehead atoms. The van der Waals surface area contributed by atoms with Crippen molar-refractivity contribution in [3.63, 3.8) is 0 Å². The van der Waals surface area contributed by atoms with Gasteiger partial charge in [-0.2, -0.15) is 0 Å². The lowest BCUT2D eigenvalue weighted by atomic mass is 9.92. The quantitative estimate of drug-likeness (QED) is 0.891. The van der Waals surface area contributed by atoms with E-state index in [4.69, 9.17) is 0 Å². The summed E-state index contributed by atoms with van der Waals surface area (Å²) in [4.78, 5) is 7.08. The third kappa shape index (κ3) is 2.68. The minimum Gasteiger partial charge on any atom is -0.314 e. The fourth-order valence-corrected chi connectivity index (χ4v) is 3.24. The van der Waals surface area contributed by atoms with Gasteiger partial charge in [0.25, 0.3) is 0 Å². The van der Waals surface area contributed by atoms with Crippen molar-refractivity contribution in [1.29, 1.82) is 0 Å². The molecule has 1 aromatic rings. The molecule has 4 heteroatoms. The number of aromatic nitrogens is 1. The molecule has 3 atom stereocenters. The zero-order valence-corrected chi connectivity index (χ0v) is 11.7. The van der Waals surface area contributed by atoms with Crippen LogP contribution in [0.4, 0.5) is 0 Å². The molecular formula is C14H22ClN3. The Balaban J connectivity index is 0.00000120. The van der Waals surface area contributed by atoms with Crippen LogP contribution in [-0.4, -0.2) is 35.6 Å². The molecule has 3 rings (SSSR count). The normalized spacial score (nSPS) is 29.4. The Hall–Kier alpha value is -0.640. The maximum absolute atomic E-state index is 4.48. The molecule has 2 saturated heterocycles. The van der Waals surface area contributed by atoms with Gasteiger partial charge >= 0.3 is 0 Å². The van der Waals surface area contributed by atoms with E-state index in [1.807, 2.05) is 12.3 Å². The minimum absolute atomic E-state index is 0. The summed E-state index contributed by atoms with van der Waals surface area (Å²) < 4.78 is 0. The zero-order chi connectivity index (χ0) is 11.7. The first-order valence-electron chi connectivity index (χ1n) is 6.73. The summed E-state index contributed by atoms with van der Waals surface area (Å²) in [5.74, 6) is 0.856. The number of pyridine rings is 1. The van der Waals surface area contributed by atoms with Crippen LogP contribution in [0, 0.1) is 5.92 Å². The Morgan fingerprint density at radius 1 is 1.39 bits per heavy atom. The maximum Gasteiger partial charge on any atom is 0.0572 e. The van der Waals surface area contributed by atoms with E-state index >= 15 is 0 Å². The van der Waals surface area contributed by atoms with Crippen LogP contribution in [-0.2, 0) is 0 Å². The number of nitrogens with one attached hydrogen (secondary N) is 1.